The molecule has 1 heterocycles. The Morgan fingerprint density at radius 2 is 2.05 bits per heavy atom. The summed E-state index contributed by atoms with van der Waals surface area (Å²) in [7, 11) is 0. The zero-order valence-electron chi connectivity index (χ0n) is 11.7. The molecule has 3 rings (SSSR count). The van der Waals surface area contributed by atoms with E-state index in [4.69, 9.17) is 0 Å². The van der Waals surface area contributed by atoms with Crippen molar-refractivity contribution in [2.24, 2.45) is 0 Å². The maximum Gasteiger partial charge on any atom is 0.150 e. The van der Waals surface area contributed by atoms with Gasteiger partial charge in [-0.2, -0.15) is 5.10 Å². The average Bonchev–Trinajstić information content (AvgIpc) is 3.19. The SMILES string of the molecule is CCCn1ncnc1CC(=O)C1(c2ccccc2)CC1. The van der Waals surface area contributed by atoms with Gasteiger partial charge in [0.1, 0.15) is 12.2 Å². The van der Waals surface area contributed by atoms with Crippen LogP contribution in [0.5, 0.6) is 0 Å². The molecule has 1 aromatic heterocycles. The summed E-state index contributed by atoms with van der Waals surface area (Å²) in [4.78, 5) is 16.9. The summed E-state index contributed by atoms with van der Waals surface area (Å²) < 4.78 is 1.85. The van der Waals surface area contributed by atoms with Gasteiger partial charge in [0.15, 0.2) is 5.78 Å². The van der Waals surface area contributed by atoms with Crippen molar-refractivity contribution in [3.63, 3.8) is 0 Å². The van der Waals surface area contributed by atoms with Crippen LogP contribution in [0.3, 0.4) is 0 Å². The van der Waals surface area contributed by atoms with Crippen LogP contribution in [0, 0.1) is 0 Å². The third-order valence-corrected chi connectivity index (χ3v) is 4.06. The largest absolute Gasteiger partial charge is 0.298 e. The summed E-state index contributed by atoms with van der Waals surface area (Å²) in [5.74, 6) is 1.06. The first-order valence-corrected chi connectivity index (χ1v) is 7.22. The van der Waals surface area contributed by atoms with Crippen molar-refractivity contribution in [2.45, 2.75) is 44.6 Å². The lowest BCUT2D eigenvalue weighted by Gasteiger charge is -2.14. The smallest absolute Gasteiger partial charge is 0.150 e. The Labute approximate surface area is 118 Å². The molecule has 0 spiro atoms. The maximum atomic E-state index is 12.7. The molecule has 0 unspecified atom stereocenters. The van der Waals surface area contributed by atoms with Gasteiger partial charge in [-0.05, 0) is 24.8 Å². The number of carbonyl (C=O) groups is 1. The van der Waals surface area contributed by atoms with Crippen LogP contribution in [0.2, 0.25) is 0 Å². The highest BCUT2D eigenvalue weighted by Gasteiger charge is 2.50. The number of benzene rings is 1. The molecule has 1 aliphatic carbocycles. The van der Waals surface area contributed by atoms with Crippen molar-refractivity contribution < 1.29 is 4.79 Å². The van der Waals surface area contributed by atoms with Gasteiger partial charge < -0.3 is 0 Å². The topological polar surface area (TPSA) is 47.8 Å². The molecule has 2 aromatic rings. The molecule has 0 radical (unpaired) electrons. The van der Waals surface area contributed by atoms with E-state index < -0.39 is 0 Å². The van der Waals surface area contributed by atoms with E-state index in [1.807, 2.05) is 22.9 Å². The number of hydrogen-bond donors (Lipinski definition) is 0. The fourth-order valence-corrected chi connectivity index (χ4v) is 2.75. The summed E-state index contributed by atoms with van der Waals surface area (Å²) in [6, 6.07) is 10.1. The van der Waals surface area contributed by atoms with Crippen molar-refractivity contribution in [1.29, 1.82) is 0 Å². The number of hydrogen-bond acceptors (Lipinski definition) is 3. The Morgan fingerprint density at radius 3 is 2.70 bits per heavy atom. The molecule has 0 N–H and O–H groups in total. The normalized spacial score (nSPS) is 16.1. The summed E-state index contributed by atoms with van der Waals surface area (Å²) in [5.41, 5.74) is 0.885. The number of nitrogens with zero attached hydrogens (tertiary/aromatic N) is 3. The first kappa shape index (κ1) is 13.0. The van der Waals surface area contributed by atoms with Crippen LogP contribution in [-0.4, -0.2) is 20.5 Å². The third kappa shape index (κ3) is 2.26. The second kappa shape index (κ2) is 5.19. The lowest BCUT2D eigenvalue weighted by atomic mass is 9.89. The van der Waals surface area contributed by atoms with Gasteiger partial charge in [-0.3, -0.25) is 4.79 Å². The number of aryl methyl sites for hydroxylation is 1. The zero-order chi connectivity index (χ0) is 14.0. The Morgan fingerprint density at radius 1 is 1.30 bits per heavy atom. The van der Waals surface area contributed by atoms with Crippen LogP contribution >= 0.6 is 0 Å². The second-order valence-corrected chi connectivity index (χ2v) is 5.45. The highest BCUT2D eigenvalue weighted by atomic mass is 16.1. The molecule has 0 amide bonds. The van der Waals surface area contributed by atoms with Gasteiger partial charge in [0.2, 0.25) is 0 Å². The molecule has 1 fully saturated rings. The fourth-order valence-electron chi connectivity index (χ4n) is 2.75. The van der Waals surface area contributed by atoms with Crippen molar-refractivity contribution in [1.82, 2.24) is 14.8 Å². The first-order valence-electron chi connectivity index (χ1n) is 7.22. The predicted octanol–water partition coefficient (Wildman–Crippen LogP) is 2.53. The van der Waals surface area contributed by atoms with Gasteiger partial charge >= 0.3 is 0 Å². The van der Waals surface area contributed by atoms with Gasteiger partial charge in [0, 0.05) is 6.54 Å². The molecule has 0 bridgehead atoms. The number of Topliss-reactive ketones (excluding diaryl/α,β-unsaturated/α-hetero) is 1. The highest BCUT2D eigenvalue weighted by Crippen LogP contribution is 2.49. The highest BCUT2D eigenvalue weighted by molar-refractivity contribution is 5.94. The Bertz CT molecular complexity index is 599. The maximum absolute atomic E-state index is 12.7. The standard InChI is InChI=1S/C16H19N3O/c1-2-10-19-15(17-12-18-19)11-14(20)16(8-9-16)13-6-4-3-5-7-13/h3-7,12H,2,8-11H2,1H3. The van der Waals surface area contributed by atoms with Gasteiger partial charge in [-0.15, -0.1) is 0 Å². The van der Waals surface area contributed by atoms with Crippen molar-refractivity contribution >= 4 is 5.78 Å². The van der Waals surface area contributed by atoms with E-state index in [0.29, 0.717) is 6.42 Å². The number of rotatable bonds is 6. The van der Waals surface area contributed by atoms with E-state index in [0.717, 1.165) is 37.2 Å². The lowest BCUT2D eigenvalue weighted by molar-refractivity contribution is -0.121. The molecule has 4 nitrogen and oxygen atoms in total. The number of ketones is 1. The van der Waals surface area contributed by atoms with E-state index in [1.165, 1.54) is 0 Å². The third-order valence-electron chi connectivity index (χ3n) is 4.06. The molecule has 20 heavy (non-hydrogen) atoms. The average molecular weight is 269 g/mol. The first-order chi connectivity index (χ1) is 9.76. The van der Waals surface area contributed by atoms with Gasteiger partial charge in [-0.25, -0.2) is 9.67 Å². The van der Waals surface area contributed by atoms with E-state index >= 15 is 0 Å². The summed E-state index contributed by atoms with van der Waals surface area (Å²) in [5, 5.41) is 4.19. The van der Waals surface area contributed by atoms with Crippen LogP contribution < -0.4 is 0 Å². The molecule has 1 saturated carbocycles. The summed E-state index contributed by atoms with van der Waals surface area (Å²) >= 11 is 0. The molecule has 0 atom stereocenters. The van der Waals surface area contributed by atoms with E-state index in [9.17, 15) is 4.79 Å². The van der Waals surface area contributed by atoms with E-state index in [2.05, 4.69) is 29.1 Å². The minimum atomic E-state index is -0.260. The van der Waals surface area contributed by atoms with Crippen LogP contribution in [0.15, 0.2) is 36.7 Å². The number of aromatic nitrogens is 3. The zero-order valence-corrected chi connectivity index (χ0v) is 11.7. The van der Waals surface area contributed by atoms with Crippen LogP contribution in [0.1, 0.15) is 37.6 Å². The lowest BCUT2D eigenvalue weighted by Crippen LogP contribution is -2.24. The minimum absolute atomic E-state index is 0.260. The molecular weight excluding hydrogens is 250 g/mol. The van der Waals surface area contributed by atoms with Gasteiger partial charge in [0.25, 0.3) is 0 Å². The van der Waals surface area contributed by atoms with Crippen LogP contribution in [0.25, 0.3) is 0 Å². The van der Waals surface area contributed by atoms with Crippen LogP contribution in [0.4, 0.5) is 0 Å². The molecular formula is C16H19N3O. The minimum Gasteiger partial charge on any atom is -0.298 e. The molecule has 1 aromatic carbocycles. The van der Waals surface area contributed by atoms with Gasteiger partial charge in [-0.1, -0.05) is 37.3 Å². The van der Waals surface area contributed by atoms with Gasteiger partial charge in [0.05, 0.1) is 11.8 Å². The van der Waals surface area contributed by atoms with Crippen LogP contribution in [-0.2, 0) is 23.2 Å². The second-order valence-electron chi connectivity index (χ2n) is 5.45. The Hall–Kier alpha value is -1.97. The quantitative estimate of drug-likeness (QED) is 0.809. The predicted molar refractivity (Wildman–Crippen MR) is 76.4 cm³/mol. The molecule has 0 saturated heterocycles. The summed E-state index contributed by atoms with van der Waals surface area (Å²) in [6.07, 6.45) is 4.83. The molecule has 104 valence electrons. The van der Waals surface area contributed by atoms with Crippen molar-refractivity contribution in [3.05, 3.63) is 48.0 Å². The molecule has 4 heteroatoms. The van der Waals surface area contributed by atoms with E-state index in [1.54, 1.807) is 6.33 Å². The number of carbonyl (C=O) groups excluding carboxylic acids is 1. The Kier molecular flexibility index (Phi) is 3.38. The Balaban J connectivity index is 1.78. The monoisotopic (exact) mass is 269 g/mol. The van der Waals surface area contributed by atoms with Crippen molar-refractivity contribution in [2.75, 3.05) is 0 Å². The van der Waals surface area contributed by atoms with E-state index in [-0.39, 0.29) is 11.2 Å². The summed E-state index contributed by atoms with van der Waals surface area (Å²) in [6.45, 7) is 2.92. The fraction of sp³-hybridized carbons (Fsp3) is 0.438. The molecule has 1 aliphatic rings. The molecule has 0 aliphatic heterocycles. The van der Waals surface area contributed by atoms with Crippen molar-refractivity contribution in [3.8, 4) is 0 Å².